The summed E-state index contributed by atoms with van der Waals surface area (Å²) < 4.78 is 0. The molecule has 0 fully saturated rings. The molecule has 0 bridgehead atoms. The molecule has 1 unspecified atom stereocenters. The minimum Gasteiger partial charge on any atom is -0.306 e. The molecule has 2 rings (SSSR count). The van der Waals surface area contributed by atoms with Crippen LogP contribution in [-0.4, -0.2) is 12.8 Å². The standard InChI is InChI=1S/C15H19NS2/c1-4-16-14(15-11(2)9-10-18-15)12-7-5-6-8-13(12)17-3/h5-10,14,16H,4H2,1-3H3. The number of rotatable bonds is 5. The molecule has 2 aromatic rings. The van der Waals surface area contributed by atoms with Gasteiger partial charge in [0, 0.05) is 9.77 Å². The summed E-state index contributed by atoms with van der Waals surface area (Å²) in [5, 5.41) is 5.79. The Labute approximate surface area is 118 Å². The number of thiophene rings is 1. The topological polar surface area (TPSA) is 12.0 Å². The van der Waals surface area contributed by atoms with E-state index < -0.39 is 0 Å². The van der Waals surface area contributed by atoms with Crippen molar-refractivity contribution in [2.75, 3.05) is 12.8 Å². The lowest BCUT2D eigenvalue weighted by molar-refractivity contribution is 0.629. The molecule has 18 heavy (non-hydrogen) atoms. The van der Waals surface area contributed by atoms with E-state index in [2.05, 4.69) is 61.1 Å². The minimum absolute atomic E-state index is 0.318. The fourth-order valence-corrected chi connectivity index (χ4v) is 3.79. The second-order valence-corrected chi connectivity index (χ2v) is 6.00. The normalized spacial score (nSPS) is 12.6. The maximum atomic E-state index is 3.61. The highest BCUT2D eigenvalue weighted by Crippen LogP contribution is 2.34. The Morgan fingerprint density at radius 3 is 2.67 bits per heavy atom. The zero-order valence-electron chi connectivity index (χ0n) is 11.1. The van der Waals surface area contributed by atoms with Crippen LogP contribution in [0.1, 0.15) is 29.0 Å². The molecule has 1 atom stereocenters. The maximum absolute atomic E-state index is 3.61. The summed E-state index contributed by atoms with van der Waals surface area (Å²) >= 11 is 3.66. The van der Waals surface area contributed by atoms with Gasteiger partial charge in [-0.2, -0.15) is 0 Å². The van der Waals surface area contributed by atoms with Gasteiger partial charge in [-0.1, -0.05) is 25.1 Å². The molecule has 1 heterocycles. The van der Waals surface area contributed by atoms with Crippen molar-refractivity contribution in [2.45, 2.75) is 24.8 Å². The van der Waals surface area contributed by atoms with Gasteiger partial charge >= 0.3 is 0 Å². The summed E-state index contributed by atoms with van der Waals surface area (Å²) in [6.07, 6.45) is 2.14. The van der Waals surface area contributed by atoms with Crippen molar-refractivity contribution in [3.8, 4) is 0 Å². The number of nitrogens with one attached hydrogen (secondary N) is 1. The molecule has 0 spiro atoms. The second-order valence-electron chi connectivity index (χ2n) is 4.20. The number of aryl methyl sites for hydroxylation is 1. The third kappa shape index (κ3) is 2.79. The zero-order chi connectivity index (χ0) is 13.0. The molecule has 0 saturated carbocycles. The Kier molecular flexibility index (Phi) is 4.87. The smallest absolute Gasteiger partial charge is 0.0684 e. The average Bonchev–Trinajstić information content (AvgIpc) is 2.82. The van der Waals surface area contributed by atoms with Gasteiger partial charge in [-0.3, -0.25) is 0 Å². The summed E-state index contributed by atoms with van der Waals surface area (Å²) in [4.78, 5) is 2.79. The monoisotopic (exact) mass is 277 g/mol. The predicted molar refractivity (Wildman–Crippen MR) is 82.8 cm³/mol. The second kappa shape index (κ2) is 6.41. The highest BCUT2D eigenvalue weighted by atomic mass is 32.2. The molecule has 96 valence electrons. The van der Waals surface area contributed by atoms with Crippen molar-refractivity contribution in [3.63, 3.8) is 0 Å². The van der Waals surface area contributed by atoms with Crippen molar-refractivity contribution < 1.29 is 0 Å². The van der Waals surface area contributed by atoms with Crippen LogP contribution in [-0.2, 0) is 0 Å². The maximum Gasteiger partial charge on any atom is 0.0684 e. The minimum atomic E-state index is 0.318. The number of hydrogen-bond donors (Lipinski definition) is 1. The fourth-order valence-electron chi connectivity index (χ4n) is 2.13. The van der Waals surface area contributed by atoms with Gasteiger partial charge in [-0.25, -0.2) is 0 Å². The van der Waals surface area contributed by atoms with Crippen LogP contribution in [0.15, 0.2) is 40.6 Å². The summed E-state index contributed by atoms with van der Waals surface area (Å²) in [5.41, 5.74) is 2.76. The number of benzene rings is 1. The fraction of sp³-hybridized carbons (Fsp3) is 0.333. The van der Waals surface area contributed by atoms with E-state index in [1.165, 1.54) is 20.9 Å². The summed E-state index contributed by atoms with van der Waals surface area (Å²) in [6, 6.07) is 11.2. The lowest BCUT2D eigenvalue weighted by Gasteiger charge is -2.20. The summed E-state index contributed by atoms with van der Waals surface area (Å²) in [5.74, 6) is 0. The van der Waals surface area contributed by atoms with Crippen LogP contribution >= 0.6 is 23.1 Å². The number of hydrogen-bond acceptors (Lipinski definition) is 3. The Balaban J connectivity index is 2.45. The molecule has 1 aromatic heterocycles. The van der Waals surface area contributed by atoms with Crippen LogP contribution in [0.25, 0.3) is 0 Å². The Morgan fingerprint density at radius 2 is 2.06 bits per heavy atom. The Hall–Kier alpha value is -0.770. The third-order valence-electron chi connectivity index (χ3n) is 3.02. The Morgan fingerprint density at radius 1 is 1.28 bits per heavy atom. The van der Waals surface area contributed by atoms with Gasteiger partial charge in [0.25, 0.3) is 0 Å². The highest BCUT2D eigenvalue weighted by molar-refractivity contribution is 7.98. The first kappa shape index (κ1) is 13.7. The molecule has 0 radical (unpaired) electrons. The molecular weight excluding hydrogens is 258 g/mol. The van der Waals surface area contributed by atoms with E-state index in [-0.39, 0.29) is 0 Å². The van der Waals surface area contributed by atoms with Crippen molar-refractivity contribution in [3.05, 3.63) is 51.7 Å². The van der Waals surface area contributed by atoms with Gasteiger partial charge in [0.1, 0.15) is 0 Å². The van der Waals surface area contributed by atoms with Crippen molar-refractivity contribution in [1.82, 2.24) is 5.32 Å². The van der Waals surface area contributed by atoms with Gasteiger partial charge in [0.05, 0.1) is 6.04 Å². The molecule has 1 aromatic carbocycles. The van der Waals surface area contributed by atoms with Crippen LogP contribution < -0.4 is 5.32 Å². The first-order chi connectivity index (χ1) is 8.77. The van der Waals surface area contributed by atoms with E-state index in [4.69, 9.17) is 0 Å². The average molecular weight is 277 g/mol. The van der Waals surface area contributed by atoms with Crippen LogP contribution in [0.2, 0.25) is 0 Å². The molecule has 3 heteroatoms. The van der Waals surface area contributed by atoms with Gasteiger partial charge in [0.15, 0.2) is 0 Å². The lowest BCUT2D eigenvalue weighted by atomic mass is 10.0. The first-order valence-electron chi connectivity index (χ1n) is 6.18. The largest absolute Gasteiger partial charge is 0.306 e. The quantitative estimate of drug-likeness (QED) is 0.809. The lowest BCUT2D eigenvalue weighted by Crippen LogP contribution is -2.22. The molecular formula is C15H19NS2. The van der Waals surface area contributed by atoms with Crippen LogP contribution in [0.4, 0.5) is 0 Å². The van der Waals surface area contributed by atoms with E-state index in [0.29, 0.717) is 6.04 Å². The van der Waals surface area contributed by atoms with Crippen molar-refractivity contribution in [1.29, 1.82) is 0 Å². The van der Waals surface area contributed by atoms with Crippen molar-refractivity contribution >= 4 is 23.1 Å². The zero-order valence-corrected chi connectivity index (χ0v) is 12.7. The molecule has 1 nitrogen and oxygen atoms in total. The predicted octanol–water partition coefficient (Wildman–Crippen LogP) is 4.48. The van der Waals surface area contributed by atoms with E-state index in [1.54, 1.807) is 0 Å². The SMILES string of the molecule is CCNC(c1ccccc1SC)c1sccc1C. The van der Waals surface area contributed by atoms with E-state index in [9.17, 15) is 0 Å². The van der Waals surface area contributed by atoms with Gasteiger partial charge in [-0.15, -0.1) is 23.1 Å². The molecule has 0 amide bonds. The molecule has 0 aliphatic rings. The van der Waals surface area contributed by atoms with Gasteiger partial charge < -0.3 is 5.32 Å². The van der Waals surface area contributed by atoms with E-state index >= 15 is 0 Å². The molecule has 0 aliphatic carbocycles. The molecule has 0 aliphatic heterocycles. The first-order valence-corrected chi connectivity index (χ1v) is 8.28. The Bertz CT molecular complexity index is 505. The van der Waals surface area contributed by atoms with E-state index in [0.717, 1.165) is 6.54 Å². The van der Waals surface area contributed by atoms with Crippen LogP contribution in [0.5, 0.6) is 0 Å². The van der Waals surface area contributed by atoms with Gasteiger partial charge in [-0.05, 0) is 48.4 Å². The summed E-state index contributed by atoms with van der Waals surface area (Å²) in [6.45, 7) is 5.33. The van der Waals surface area contributed by atoms with E-state index in [1.807, 2.05) is 23.1 Å². The molecule has 0 saturated heterocycles. The van der Waals surface area contributed by atoms with Crippen molar-refractivity contribution in [2.24, 2.45) is 0 Å². The summed E-state index contributed by atoms with van der Waals surface area (Å²) in [7, 11) is 0. The van der Waals surface area contributed by atoms with Gasteiger partial charge in [0.2, 0.25) is 0 Å². The highest BCUT2D eigenvalue weighted by Gasteiger charge is 2.18. The third-order valence-corrected chi connectivity index (χ3v) is 4.92. The molecule has 1 N–H and O–H groups in total. The number of thioether (sulfide) groups is 1. The van der Waals surface area contributed by atoms with Crippen LogP contribution in [0.3, 0.4) is 0 Å². The van der Waals surface area contributed by atoms with Crippen LogP contribution in [0, 0.1) is 6.92 Å².